The van der Waals surface area contributed by atoms with Gasteiger partial charge in [-0.2, -0.15) is 0 Å². The second kappa shape index (κ2) is 6.34. The highest BCUT2D eigenvalue weighted by Gasteiger charge is 2.40. The van der Waals surface area contributed by atoms with Crippen molar-refractivity contribution >= 4 is 22.5 Å². The number of anilines is 1. The number of nitrogens with zero attached hydrogens (tertiary/aromatic N) is 3. The number of hydrogen-bond donors (Lipinski definition) is 2. The molecule has 2 saturated heterocycles. The molecule has 25 heavy (non-hydrogen) atoms. The summed E-state index contributed by atoms with van der Waals surface area (Å²) in [7, 11) is 0. The Hall–Kier alpha value is -2.06. The van der Waals surface area contributed by atoms with Gasteiger partial charge in [0.1, 0.15) is 10.8 Å². The van der Waals surface area contributed by atoms with Crippen LogP contribution in [0.2, 0.25) is 0 Å². The van der Waals surface area contributed by atoms with E-state index >= 15 is 0 Å². The number of likely N-dealkylation sites (tertiary alicyclic amines) is 1. The smallest absolute Gasteiger partial charge is 0.323 e. The van der Waals surface area contributed by atoms with Crippen LogP contribution < -0.4 is 10.6 Å². The lowest BCUT2D eigenvalue weighted by Crippen LogP contribution is -2.62. The lowest BCUT2D eigenvalue weighted by atomic mass is 9.79. The highest BCUT2D eigenvalue weighted by atomic mass is 32.1. The summed E-state index contributed by atoms with van der Waals surface area (Å²) in [4.78, 5) is 14.2. The third kappa shape index (κ3) is 3.23. The summed E-state index contributed by atoms with van der Waals surface area (Å²) >= 11 is 1.26. The van der Waals surface area contributed by atoms with Crippen LogP contribution >= 0.6 is 11.3 Å². The molecule has 0 radical (unpaired) electrons. The van der Waals surface area contributed by atoms with Gasteiger partial charge in [0, 0.05) is 24.2 Å². The van der Waals surface area contributed by atoms with Crippen molar-refractivity contribution in [3.05, 3.63) is 29.6 Å². The van der Waals surface area contributed by atoms with Gasteiger partial charge in [0.2, 0.25) is 5.13 Å². The van der Waals surface area contributed by atoms with Crippen LogP contribution in [-0.4, -0.2) is 46.3 Å². The number of piperidine rings is 1. The molecule has 4 rings (SSSR count). The minimum atomic E-state index is -0.312. The van der Waals surface area contributed by atoms with Crippen molar-refractivity contribution < 1.29 is 9.18 Å². The Bertz CT molecular complexity index is 794. The monoisotopic (exact) mass is 361 g/mol. The molecule has 2 aromatic rings. The van der Waals surface area contributed by atoms with Crippen molar-refractivity contribution in [3.8, 4) is 10.6 Å². The fourth-order valence-corrected chi connectivity index (χ4v) is 4.24. The van der Waals surface area contributed by atoms with Gasteiger partial charge in [0.25, 0.3) is 0 Å². The molecule has 0 unspecified atom stereocenters. The van der Waals surface area contributed by atoms with Crippen LogP contribution in [0.4, 0.5) is 14.3 Å². The Kier molecular flexibility index (Phi) is 4.16. The van der Waals surface area contributed by atoms with E-state index in [1.807, 2.05) is 11.8 Å². The molecule has 2 amide bonds. The number of carbonyl (C=O) groups is 1. The van der Waals surface area contributed by atoms with Crippen LogP contribution in [0.25, 0.3) is 10.6 Å². The van der Waals surface area contributed by atoms with Crippen LogP contribution in [0.5, 0.6) is 0 Å². The normalized spacial score (nSPS) is 18.9. The molecule has 1 aromatic carbocycles. The van der Waals surface area contributed by atoms with Crippen LogP contribution in [0, 0.1) is 12.7 Å². The Labute approximate surface area is 149 Å². The number of halogens is 1. The Morgan fingerprint density at radius 3 is 2.76 bits per heavy atom. The molecule has 2 N–H and O–H groups in total. The minimum absolute atomic E-state index is 0.146. The maximum atomic E-state index is 13.5. The number of rotatable bonds is 2. The summed E-state index contributed by atoms with van der Waals surface area (Å²) in [6.45, 7) is 4.47. The molecular formula is C17H20FN5OS. The summed E-state index contributed by atoms with van der Waals surface area (Å²) < 4.78 is 13.5. The Balaban J connectivity index is 1.41. The average molecular weight is 361 g/mol. The van der Waals surface area contributed by atoms with Gasteiger partial charge < -0.3 is 10.2 Å². The SMILES string of the molecule is Cc1ccc(F)cc1-c1nnc(NC(=O)N2CCC3(CCN3)CC2)s1. The van der Waals surface area contributed by atoms with Crippen LogP contribution in [0.3, 0.4) is 0 Å². The first-order chi connectivity index (χ1) is 12.0. The molecule has 0 saturated carbocycles. The van der Waals surface area contributed by atoms with E-state index in [1.54, 1.807) is 6.07 Å². The van der Waals surface area contributed by atoms with Crippen LogP contribution in [0.1, 0.15) is 24.8 Å². The number of aromatic nitrogens is 2. The molecule has 132 valence electrons. The number of amides is 2. The topological polar surface area (TPSA) is 70.2 Å². The molecule has 2 aliphatic heterocycles. The van der Waals surface area contributed by atoms with Crippen molar-refractivity contribution in [1.29, 1.82) is 0 Å². The van der Waals surface area contributed by atoms with Crippen molar-refractivity contribution in [2.75, 3.05) is 25.0 Å². The summed E-state index contributed by atoms with van der Waals surface area (Å²) in [6.07, 6.45) is 3.18. The highest BCUT2D eigenvalue weighted by Crippen LogP contribution is 2.32. The van der Waals surface area contributed by atoms with Crippen molar-refractivity contribution in [2.45, 2.75) is 31.7 Å². The van der Waals surface area contributed by atoms with Gasteiger partial charge in [-0.3, -0.25) is 5.32 Å². The molecule has 0 atom stereocenters. The van der Waals surface area contributed by atoms with Crippen molar-refractivity contribution in [1.82, 2.24) is 20.4 Å². The minimum Gasteiger partial charge on any atom is -0.324 e. The molecule has 0 aliphatic carbocycles. The maximum Gasteiger partial charge on any atom is 0.323 e. The molecule has 0 bridgehead atoms. The predicted molar refractivity (Wildman–Crippen MR) is 95.2 cm³/mol. The van der Waals surface area contributed by atoms with E-state index in [-0.39, 0.29) is 17.4 Å². The van der Waals surface area contributed by atoms with E-state index in [0.717, 1.165) is 38.0 Å². The number of urea groups is 1. The first kappa shape index (κ1) is 16.4. The lowest BCUT2D eigenvalue weighted by Gasteiger charge is -2.48. The molecule has 8 heteroatoms. The van der Waals surface area contributed by atoms with Crippen molar-refractivity contribution in [3.63, 3.8) is 0 Å². The first-order valence-corrected chi connectivity index (χ1v) is 9.27. The van der Waals surface area contributed by atoms with E-state index in [4.69, 9.17) is 0 Å². The molecule has 2 fully saturated rings. The van der Waals surface area contributed by atoms with Crippen molar-refractivity contribution in [2.24, 2.45) is 0 Å². The van der Waals surface area contributed by atoms with E-state index < -0.39 is 0 Å². The zero-order valence-corrected chi connectivity index (χ0v) is 14.8. The second-order valence-corrected chi connectivity index (χ2v) is 7.72. The number of carbonyl (C=O) groups excluding carboxylic acids is 1. The zero-order chi connectivity index (χ0) is 17.4. The number of hydrogen-bond acceptors (Lipinski definition) is 5. The summed E-state index contributed by atoms with van der Waals surface area (Å²) in [5, 5.41) is 15.5. The Morgan fingerprint density at radius 1 is 1.32 bits per heavy atom. The third-order valence-corrected chi connectivity index (χ3v) is 6.05. The lowest BCUT2D eigenvalue weighted by molar-refractivity contribution is 0.102. The second-order valence-electron chi connectivity index (χ2n) is 6.75. The van der Waals surface area contributed by atoms with Crippen LogP contribution in [0.15, 0.2) is 18.2 Å². The van der Waals surface area contributed by atoms with Gasteiger partial charge in [-0.05, 0) is 50.4 Å². The number of aryl methyl sites for hydroxylation is 1. The molecule has 1 aromatic heterocycles. The van der Waals surface area contributed by atoms with Gasteiger partial charge in [0.15, 0.2) is 0 Å². The molecule has 6 nitrogen and oxygen atoms in total. The third-order valence-electron chi connectivity index (χ3n) is 5.18. The number of benzene rings is 1. The summed E-state index contributed by atoms with van der Waals surface area (Å²) in [5.74, 6) is -0.312. The fourth-order valence-electron chi connectivity index (χ4n) is 3.42. The zero-order valence-electron chi connectivity index (χ0n) is 14.0. The fraction of sp³-hybridized carbons (Fsp3) is 0.471. The highest BCUT2D eigenvalue weighted by molar-refractivity contribution is 7.18. The van der Waals surface area contributed by atoms with Crippen LogP contribution in [-0.2, 0) is 0 Å². The first-order valence-electron chi connectivity index (χ1n) is 8.46. The molecular weight excluding hydrogens is 341 g/mol. The number of nitrogens with one attached hydrogen (secondary N) is 2. The van der Waals surface area contributed by atoms with Gasteiger partial charge in [-0.25, -0.2) is 9.18 Å². The van der Waals surface area contributed by atoms with Gasteiger partial charge in [-0.15, -0.1) is 10.2 Å². The molecule has 2 aliphatic rings. The predicted octanol–water partition coefficient (Wildman–Crippen LogP) is 3.01. The van der Waals surface area contributed by atoms with Gasteiger partial charge in [0.05, 0.1) is 0 Å². The van der Waals surface area contributed by atoms with E-state index in [0.29, 0.717) is 15.7 Å². The molecule has 1 spiro atoms. The quantitative estimate of drug-likeness (QED) is 0.863. The summed E-state index contributed by atoms with van der Waals surface area (Å²) in [5.41, 5.74) is 1.89. The van der Waals surface area contributed by atoms with E-state index in [2.05, 4.69) is 20.8 Å². The van der Waals surface area contributed by atoms with E-state index in [9.17, 15) is 9.18 Å². The largest absolute Gasteiger partial charge is 0.324 e. The Morgan fingerprint density at radius 2 is 2.08 bits per heavy atom. The summed E-state index contributed by atoms with van der Waals surface area (Å²) in [6, 6.07) is 4.43. The van der Waals surface area contributed by atoms with Gasteiger partial charge in [-0.1, -0.05) is 17.4 Å². The average Bonchev–Trinajstić information content (AvgIpc) is 3.04. The molecule has 3 heterocycles. The van der Waals surface area contributed by atoms with Gasteiger partial charge >= 0.3 is 6.03 Å². The van der Waals surface area contributed by atoms with E-state index in [1.165, 1.54) is 29.9 Å². The maximum absolute atomic E-state index is 13.5. The standard InChI is InChI=1S/C17H20FN5OS/c1-11-2-3-12(18)10-13(11)14-21-22-15(25-14)20-16(24)23-8-5-17(6-9-23)4-7-19-17/h2-3,10,19H,4-9H2,1H3,(H,20,22,24).